The van der Waals surface area contributed by atoms with Gasteiger partial charge in [0.25, 0.3) is 0 Å². The summed E-state index contributed by atoms with van der Waals surface area (Å²) in [5.74, 6) is 4.40. The highest BCUT2D eigenvalue weighted by atomic mass is 16.5. The molecule has 4 amide bonds. The van der Waals surface area contributed by atoms with E-state index in [0.29, 0.717) is 51.5 Å². The summed E-state index contributed by atoms with van der Waals surface area (Å²) in [6.45, 7) is 5.64. The Labute approximate surface area is 354 Å². The van der Waals surface area contributed by atoms with E-state index in [1.165, 1.54) is 6.92 Å². The highest BCUT2D eigenvalue weighted by Gasteiger charge is 2.32. The third kappa shape index (κ3) is 13.6. The normalized spacial score (nSPS) is 16.8. The number of rotatable bonds is 18. The maximum Gasteiger partial charge on any atom is 0.243 e. The van der Waals surface area contributed by atoms with Crippen LogP contribution >= 0.6 is 0 Å². The molecule has 0 bridgehead atoms. The predicted octanol–water partition coefficient (Wildman–Crippen LogP) is 5.06. The molecule has 318 valence electrons. The molecule has 60 heavy (non-hydrogen) atoms. The van der Waals surface area contributed by atoms with Crippen LogP contribution in [0.2, 0.25) is 0 Å². The standard InChI is InChI=1S/C49H61N5O6/c1-35(55)50-23-10-9-20-44(49(59)53-45(32-36-12-3-2-4-13-36)46(56)34-47(57)51-24-25-54-26-28-60-29-27-54)52-48(58)42(31-37-21-22-38-14-5-6-16-40(38)30-37)33-41-18-11-17-39-15-7-8-19-43(39)41/h5-8,11,14-19,21-22,30,36,42,44-46,56H,2-4,12-13,20,23-29,31-34H2,1H3,(H,50,55)(H,51,57)(H,52,58)(H,53,59). The van der Waals surface area contributed by atoms with E-state index in [1.807, 2.05) is 30.3 Å². The maximum absolute atomic E-state index is 14.6. The number of ether oxygens (including phenoxy) is 1. The molecule has 11 heteroatoms. The van der Waals surface area contributed by atoms with E-state index >= 15 is 0 Å². The van der Waals surface area contributed by atoms with Gasteiger partial charge in [-0.1, -0.05) is 129 Å². The van der Waals surface area contributed by atoms with Crippen LogP contribution in [0.1, 0.15) is 69.4 Å². The zero-order valence-corrected chi connectivity index (χ0v) is 34.9. The lowest BCUT2D eigenvalue weighted by Gasteiger charge is -2.31. The van der Waals surface area contributed by atoms with Gasteiger partial charge in [-0.15, -0.1) is 0 Å². The van der Waals surface area contributed by atoms with Gasteiger partial charge in [0.05, 0.1) is 38.3 Å². The number of carbonyl (C=O) groups is 4. The van der Waals surface area contributed by atoms with Crippen LogP contribution in [0.15, 0.2) is 84.9 Å². The number of carbonyl (C=O) groups excluding carboxylic acids is 4. The van der Waals surface area contributed by atoms with Crippen LogP contribution in [-0.4, -0.2) is 97.8 Å². The number of amides is 4. The van der Waals surface area contributed by atoms with Crippen molar-refractivity contribution < 1.29 is 29.0 Å². The molecule has 0 radical (unpaired) electrons. The Balaban J connectivity index is 1.21. The maximum atomic E-state index is 14.6. The van der Waals surface area contributed by atoms with Crippen LogP contribution in [0.5, 0.6) is 0 Å². The zero-order chi connectivity index (χ0) is 42.1. The second kappa shape index (κ2) is 22.9. The van der Waals surface area contributed by atoms with Crippen LogP contribution in [0, 0.1) is 23.7 Å². The molecular formula is C49H61N5O6. The number of morpholine rings is 1. The van der Waals surface area contributed by atoms with Crippen molar-refractivity contribution in [3.63, 3.8) is 0 Å². The average Bonchev–Trinajstić information content (AvgIpc) is 3.26. The summed E-state index contributed by atoms with van der Waals surface area (Å²) in [4.78, 5) is 55.9. The number of aliphatic hydroxyl groups excluding tert-OH is 1. The first-order valence-corrected chi connectivity index (χ1v) is 21.7. The van der Waals surface area contributed by atoms with Gasteiger partial charge in [-0.2, -0.15) is 0 Å². The van der Waals surface area contributed by atoms with Crippen molar-refractivity contribution in [1.82, 2.24) is 26.2 Å². The van der Waals surface area contributed by atoms with E-state index in [0.717, 1.165) is 77.9 Å². The highest BCUT2D eigenvalue weighted by molar-refractivity contribution is 5.91. The minimum Gasteiger partial charge on any atom is -0.390 e. The number of fused-ring (bicyclic) bond motifs is 2. The summed E-state index contributed by atoms with van der Waals surface area (Å²) < 4.78 is 5.42. The van der Waals surface area contributed by atoms with E-state index in [2.05, 4.69) is 92.6 Å². The molecule has 1 heterocycles. The highest BCUT2D eigenvalue weighted by Crippen LogP contribution is 2.29. The third-order valence-corrected chi connectivity index (χ3v) is 11.9. The minimum absolute atomic E-state index is 0.0115. The molecule has 11 nitrogen and oxygen atoms in total. The first-order chi connectivity index (χ1) is 29.2. The molecular weight excluding hydrogens is 755 g/mol. The Bertz CT molecular complexity index is 2110. The Morgan fingerprint density at radius 3 is 2.32 bits per heavy atom. The van der Waals surface area contributed by atoms with Crippen molar-refractivity contribution in [3.8, 4) is 11.8 Å². The lowest BCUT2D eigenvalue weighted by Crippen LogP contribution is -2.54. The fourth-order valence-corrected chi connectivity index (χ4v) is 8.51. The Kier molecular flexibility index (Phi) is 16.9. The van der Waals surface area contributed by atoms with Crippen molar-refractivity contribution in [1.29, 1.82) is 0 Å². The first kappa shape index (κ1) is 44.3. The molecule has 2 fully saturated rings. The van der Waals surface area contributed by atoms with Gasteiger partial charge in [0, 0.05) is 45.4 Å². The average molecular weight is 816 g/mol. The lowest BCUT2D eigenvalue weighted by atomic mass is 9.83. The second-order valence-electron chi connectivity index (χ2n) is 16.4. The zero-order valence-electron chi connectivity index (χ0n) is 34.9. The van der Waals surface area contributed by atoms with Crippen LogP contribution in [0.3, 0.4) is 0 Å². The predicted molar refractivity (Wildman–Crippen MR) is 236 cm³/mol. The van der Waals surface area contributed by atoms with Gasteiger partial charge >= 0.3 is 0 Å². The van der Waals surface area contributed by atoms with Gasteiger partial charge < -0.3 is 31.1 Å². The molecule has 4 unspecified atom stereocenters. The number of hydrogen-bond acceptors (Lipinski definition) is 7. The topological polar surface area (TPSA) is 149 Å². The lowest BCUT2D eigenvalue weighted by molar-refractivity contribution is -0.132. The molecule has 4 aromatic rings. The third-order valence-electron chi connectivity index (χ3n) is 11.9. The van der Waals surface area contributed by atoms with Crippen LogP contribution in [0.4, 0.5) is 0 Å². The fraction of sp³-hybridized carbons (Fsp3) is 0.469. The quantitative estimate of drug-likeness (QED) is 0.0883. The van der Waals surface area contributed by atoms with Gasteiger partial charge in [0.15, 0.2) is 0 Å². The monoisotopic (exact) mass is 815 g/mol. The molecule has 1 saturated carbocycles. The Morgan fingerprint density at radius 1 is 0.800 bits per heavy atom. The van der Waals surface area contributed by atoms with Gasteiger partial charge in [-0.25, -0.2) is 0 Å². The van der Waals surface area contributed by atoms with Crippen LogP contribution in [-0.2, 0) is 36.8 Å². The second-order valence-corrected chi connectivity index (χ2v) is 16.4. The number of nitrogens with one attached hydrogen (secondary N) is 4. The van der Waals surface area contributed by atoms with Gasteiger partial charge in [0.1, 0.15) is 6.04 Å². The summed E-state index contributed by atoms with van der Waals surface area (Å²) >= 11 is 0. The van der Waals surface area contributed by atoms with Crippen molar-refractivity contribution in [3.05, 3.63) is 96.1 Å². The van der Waals surface area contributed by atoms with Crippen molar-refractivity contribution in [2.24, 2.45) is 11.8 Å². The van der Waals surface area contributed by atoms with E-state index in [-0.39, 0.29) is 37.1 Å². The van der Waals surface area contributed by atoms with Crippen molar-refractivity contribution in [2.45, 2.75) is 89.3 Å². The molecule has 0 aromatic heterocycles. The molecule has 4 aromatic carbocycles. The number of aliphatic hydroxyl groups is 1. The smallest absolute Gasteiger partial charge is 0.243 e. The van der Waals surface area contributed by atoms with E-state index in [4.69, 9.17) is 4.74 Å². The SMILES string of the molecule is CC(=O)NCC#CCC(NC(=O)C(Cc1ccc2ccccc2c1)Cc1cccc2ccccc12)C(=O)NC(CC1CCCCC1)C(O)CC(=O)NCCN1CCOCC1. The number of benzene rings is 4. The molecule has 1 saturated heterocycles. The fourth-order valence-electron chi connectivity index (χ4n) is 8.51. The summed E-state index contributed by atoms with van der Waals surface area (Å²) in [5.41, 5.74) is 2.04. The summed E-state index contributed by atoms with van der Waals surface area (Å²) in [6.07, 6.45) is 5.40. The van der Waals surface area contributed by atoms with Gasteiger partial charge in [-0.3, -0.25) is 24.1 Å². The van der Waals surface area contributed by atoms with E-state index < -0.39 is 30.0 Å². The van der Waals surface area contributed by atoms with Gasteiger partial charge in [-0.05, 0) is 57.9 Å². The number of hydrogen-bond donors (Lipinski definition) is 5. The van der Waals surface area contributed by atoms with E-state index in [9.17, 15) is 24.3 Å². The molecule has 1 aliphatic carbocycles. The largest absolute Gasteiger partial charge is 0.390 e. The molecule has 2 aliphatic rings. The minimum atomic E-state index is -1.13. The first-order valence-electron chi connectivity index (χ1n) is 21.7. The molecule has 6 rings (SSSR count). The summed E-state index contributed by atoms with van der Waals surface area (Å²) in [5, 5.41) is 27.7. The Morgan fingerprint density at radius 2 is 1.53 bits per heavy atom. The summed E-state index contributed by atoms with van der Waals surface area (Å²) in [6, 6.07) is 26.8. The Hall–Kier alpha value is -5.28. The molecule has 5 N–H and O–H groups in total. The van der Waals surface area contributed by atoms with Gasteiger partial charge in [0.2, 0.25) is 23.6 Å². The van der Waals surface area contributed by atoms with E-state index in [1.54, 1.807) is 0 Å². The molecule has 1 aliphatic heterocycles. The molecule has 0 spiro atoms. The number of nitrogens with zero attached hydrogens (tertiary/aromatic N) is 1. The summed E-state index contributed by atoms with van der Waals surface area (Å²) in [7, 11) is 0. The van der Waals surface area contributed by atoms with Crippen LogP contribution < -0.4 is 21.3 Å². The van der Waals surface area contributed by atoms with Crippen molar-refractivity contribution in [2.75, 3.05) is 45.9 Å². The molecule has 4 atom stereocenters. The van der Waals surface area contributed by atoms with Crippen molar-refractivity contribution >= 4 is 45.2 Å². The van der Waals surface area contributed by atoms with Crippen LogP contribution in [0.25, 0.3) is 21.5 Å².